The Morgan fingerprint density at radius 1 is 0.926 bits per heavy atom. The van der Waals surface area contributed by atoms with Gasteiger partial charge in [-0.05, 0) is 48.0 Å². The summed E-state index contributed by atoms with van der Waals surface area (Å²) in [4.78, 5) is 9.73. The summed E-state index contributed by atoms with van der Waals surface area (Å²) in [6.07, 6.45) is 3.30. The van der Waals surface area contributed by atoms with Gasteiger partial charge in [0.25, 0.3) is 10.0 Å². The molecule has 4 rings (SSSR count). The Morgan fingerprint density at radius 2 is 1.70 bits per heavy atom. The number of sulfonamides is 1. The molecule has 2 aromatic heterocycles. The molecule has 2 heterocycles. The first-order valence-corrected chi connectivity index (χ1v) is 10.5. The molecule has 27 heavy (non-hydrogen) atoms. The number of fused-ring (bicyclic) bond motifs is 1. The zero-order chi connectivity index (χ0) is 18.7. The van der Waals surface area contributed by atoms with E-state index in [0.29, 0.717) is 5.69 Å². The molecule has 4 aromatic rings. The number of hydrogen-bond acceptors (Lipinski definition) is 5. The molecule has 0 amide bonds. The van der Waals surface area contributed by atoms with Gasteiger partial charge < -0.3 is 0 Å². The second kappa shape index (κ2) is 7.30. The third-order valence-corrected chi connectivity index (χ3v) is 5.84. The van der Waals surface area contributed by atoms with Gasteiger partial charge in [-0.2, -0.15) is 0 Å². The molecule has 0 spiro atoms. The first kappa shape index (κ1) is 17.4. The van der Waals surface area contributed by atoms with Crippen molar-refractivity contribution in [1.82, 2.24) is 9.97 Å². The van der Waals surface area contributed by atoms with E-state index >= 15 is 0 Å². The maximum Gasteiger partial charge on any atom is 0.255 e. The fourth-order valence-corrected chi connectivity index (χ4v) is 4.29. The monoisotopic (exact) mass is 393 g/mol. The molecule has 5 nitrogen and oxygen atoms in total. The number of nitrogens with zero attached hydrogens (tertiary/aromatic N) is 2. The van der Waals surface area contributed by atoms with Gasteiger partial charge in [-0.15, -0.1) is 0 Å². The highest BCUT2D eigenvalue weighted by Gasteiger charge is 2.09. The van der Waals surface area contributed by atoms with E-state index in [1.807, 2.05) is 54.6 Å². The van der Waals surface area contributed by atoms with Crippen molar-refractivity contribution in [3.05, 3.63) is 83.9 Å². The van der Waals surface area contributed by atoms with Crippen molar-refractivity contribution in [3.8, 4) is 10.6 Å². The lowest BCUT2D eigenvalue weighted by molar-refractivity contribution is 0.609. The lowest BCUT2D eigenvalue weighted by Gasteiger charge is -2.05. The zero-order valence-corrected chi connectivity index (χ0v) is 15.7. The molecule has 0 fully saturated rings. The van der Waals surface area contributed by atoms with Crippen LogP contribution in [-0.4, -0.2) is 18.4 Å². The van der Waals surface area contributed by atoms with Crippen molar-refractivity contribution in [3.63, 3.8) is 0 Å². The number of anilines is 1. The van der Waals surface area contributed by atoms with Crippen LogP contribution in [-0.2, 0) is 10.0 Å². The predicted molar refractivity (Wildman–Crippen MR) is 111 cm³/mol. The number of benzene rings is 2. The number of aromatic nitrogens is 2. The molecule has 0 atom stereocenters. The normalized spacial score (nSPS) is 11.9. The first-order valence-electron chi connectivity index (χ1n) is 8.17. The number of hydrogen-bond donors (Lipinski definition) is 1. The van der Waals surface area contributed by atoms with Crippen molar-refractivity contribution >= 4 is 43.5 Å². The third-order valence-electron chi connectivity index (χ3n) is 3.80. The molecule has 0 saturated carbocycles. The largest absolute Gasteiger partial charge is 0.280 e. The van der Waals surface area contributed by atoms with Crippen molar-refractivity contribution in [1.29, 1.82) is 0 Å². The number of nitrogens with one attached hydrogen (secondary N) is 1. The summed E-state index contributed by atoms with van der Waals surface area (Å²) in [5.41, 5.74) is 3.09. The van der Waals surface area contributed by atoms with Gasteiger partial charge in [0.1, 0.15) is 15.4 Å². The Morgan fingerprint density at radius 3 is 2.44 bits per heavy atom. The quantitative estimate of drug-likeness (QED) is 0.530. The standard InChI is InChI=1S/C20H15N3O2S2/c24-27(25,14-12-15-5-2-1-3-6-15)23-17-10-8-16(9-11-17)19-22-18-7-4-13-21-20(18)26-19/h1-14,23H/b14-12+. The maximum atomic E-state index is 12.2. The van der Waals surface area contributed by atoms with Crippen molar-refractivity contribution in [2.45, 2.75) is 0 Å². The van der Waals surface area contributed by atoms with Gasteiger partial charge in [-0.25, -0.2) is 18.4 Å². The average molecular weight is 393 g/mol. The van der Waals surface area contributed by atoms with Gasteiger partial charge >= 0.3 is 0 Å². The van der Waals surface area contributed by atoms with Crippen LogP contribution >= 0.6 is 11.3 Å². The molecular weight excluding hydrogens is 378 g/mol. The van der Waals surface area contributed by atoms with E-state index in [4.69, 9.17) is 0 Å². The Bertz CT molecular complexity index is 1170. The second-order valence-electron chi connectivity index (χ2n) is 5.78. The summed E-state index contributed by atoms with van der Waals surface area (Å²) in [5.74, 6) is 0. The van der Waals surface area contributed by atoms with Gasteiger partial charge in [0.2, 0.25) is 0 Å². The molecule has 134 valence electrons. The summed E-state index contributed by atoms with van der Waals surface area (Å²) >= 11 is 1.50. The van der Waals surface area contributed by atoms with Gasteiger partial charge in [0.15, 0.2) is 0 Å². The molecule has 7 heteroatoms. The zero-order valence-electron chi connectivity index (χ0n) is 14.1. The fraction of sp³-hybridized carbons (Fsp3) is 0. The molecule has 0 saturated heterocycles. The summed E-state index contributed by atoms with van der Waals surface area (Å²) in [6, 6.07) is 20.2. The maximum absolute atomic E-state index is 12.2. The highest BCUT2D eigenvalue weighted by atomic mass is 32.2. The van der Waals surface area contributed by atoms with E-state index in [2.05, 4.69) is 14.7 Å². The van der Waals surface area contributed by atoms with Crippen LogP contribution < -0.4 is 4.72 Å². The van der Waals surface area contributed by atoms with Crippen LogP contribution in [0.1, 0.15) is 5.56 Å². The van der Waals surface area contributed by atoms with Crippen LogP contribution in [0.4, 0.5) is 5.69 Å². The van der Waals surface area contributed by atoms with E-state index in [1.165, 1.54) is 11.3 Å². The summed E-state index contributed by atoms with van der Waals surface area (Å²) in [5, 5.41) is 2.01. The Balaban J connectivity index is 1.51. The lowest BCUT2D eigenvalue weighted by Crippen LogP contribution is -2.08. The van der Waals surface area contributed by atoms with Gasteiger partial charge in [0, 0.05) is 17.4 Å². The predicted octanol–water partition coefficient (Wildman–Crippen LogP) is 4.77. The van der Waals surface area contributed by atoms with Gasteiger partial charge in [-0.1, -0.05) is 41.7 Å². The molecule has 0 aliphatic rings. The lowest BCUT2D eigenvalue weighted by atomic mass is 10.2. The molecule has 1 N–H and O–H groups in total. The minimum absolute atomic E-state index is 0.496. The summed E-state index contributed by atoms with van der Waals surface area (Å²) in [6.45, 7) is 0. The van der Waals surface area contributed by atoms with Crippen LogP contribution in [0.2, 0.25) is 0 Å². The van der Waals surface area contributed by atoms with Gasteiger partial charge in [-0.3, -0.25) is 4.72 Å². The average Bonchev–Trinajstić information content (AvgIpc) is 3.12. The minimum atomic E-state index is -3.58. The van der Waals surface area contributed by atoms with E-state index in [9.17, 15) is 8.42 Å². The van der Waals surface area contributed by atoms with Gasteiger partial charge in [0.05, 0.1) is 5.41 Å². The number of thiazole rings is 1. The number of pyridine rings is 1. The molecule has 0 bridgehead atoms. The van der Waals surface area contributed by atoms with Crippen LogP contribution in [0.5, 0.6) is 0 Å². The van der Waals surface area contributed by atoms with E-state index in [0.717, 1.165) is 31.9 Å². The smallest absolute Gasteiger partial charge is 0.255 e. The van der Waals surface area contributed by atoms with Crippen LogP contribution in [0, 0.1) is 0 Å². The molecular formula is C20H15N3O2S2. The first-order chi connectivity index (χ1) is 13.1. The third kappa shape index (κ3) is 4.21. The van der Waals surface area contributed by atoms with Crippen LogP contribution in [0.25, 0.3) is 27.0 Å². The van der Waals surface area contributed by atoms with Crippen molar-refractivity contribution < 1.29 is 8.42 Å². The van der Waals surface area contributed by atoms with Crippen molar-refractivity contribution in [2.24, 2.45) is 0 Å². The Labute approximate surface area is 161 Å². The number of rotatable bonds is 5. The highest BCUT2D eigenvalue weighted by molar-refractivity contribution is 7.95. The summed E-state index contributed by atoms with van der Waals surface area (Å²) < 4.78 is 27.0. The Kier molecular flexibility index (Phi) is 4.70. The van der Waals surface area contributed by atoms with Crippen LogP contribution in [0.15, 0.2) is 78.3 Å². The van der Waals surface area contributed by atoms with E-state index in [1.54, 1.807) is 24.4 Å². The van der Waals surface area contributed by atoms with Crippen molar-refractivity contribution in [2.75, 3.05) is 4.72 Å². The topological polar surface area (TPSA) is 72.0 Å². The fourth-order valence-electron chi connectivity index (χ4n) is 2.50. The van der Waals surface area contributed by atoms with Crippen LogP contribution in [0.3, 0.4) is 0 Å². The molecule has 0 unspecified atom stereocenters. The highest BCUT2D eigenvalue weighted by Crippen LogP contribution is 2.29. The molecule has 0 aliphatic heterocycles. The van der Waals surface area contributed by atoms with E-state index < -0.39 is 10.0 Å². The molecule has 0 radical (unpaired) electrons. The molecule has 0 aliphatic carbocycles. The van der Waals surface area contributed by atoms with E-state index in [-0.39, 0.29) is 0 Å². The Hall–Kier alpha value is -3.03. The molecule has 2 aromatic carbocycles. The minimum Gasteiger partial charge on any atom is -0.280 e. The second-order valence-corrected chi connectivity index (χ2v) is 8.33. The SMILES string of the molecule is O=S(=O)(/C=C/c1ccccc1)Nc1ccc(-c2nc3cccnc3s2)cc1. The summed E-state index contributed by atoms with van der Waals surface area (Å²) in [7, 11) is -3.58.